The van der Waals surface area contributed by atoms with Crippen molar-refractivity contribution in [2.45, 2.75) is 4.90 Å². The normalized spacial score (nSPS) is 18.6. The van der Waals surface area contributed by atoms with Crippen LogP contribution in [0.5, 0.6) is 0 Å². The Morgan fingerprint density at radius 2 is 2.06 bits per heavy atom. The quantitative estimate of drug-likeness (QED) is 0.825. The number of hydrogen-bond donors (Lipinski definition) is 1. The number of nitrogens with two attached hydrogens (primary N) is 1. The molecule has 0 radical (unpaired) electrons. The fraction of sp³-hybridized carbons (Fsp3) is 0.500. The fourth-order valence-corrected chi connectivity index (χ4v) is 5.05. The standard InChI is InChI=1S/C10H13N3O2S3/c1-16-9-8(12)7(6-11)17-10(9)13-2-4-18(14,15)5-3-13/h2-5,12H2,1H3. The van der Waals surface area contributed by atoms with Crippen molar-refractivity contribution in [3.63, 3.8) is 0 Å². The Morgan fingerprint density at radius 1 is 1.44 bits per heavy atom. The van der Waals surface area contributed by atoms with E-state index in [1.54, 1.807) is 0 Å². The van der Waals surface area contributed by atoms with E-state index in [2.05, 4.69) is 6.07 Å². The van der Waals surface area contributed by atoms with E-state index in [0.717, 1.165) is 9.90 Å². The topological polar surface area (TPSA) is 87.2 Å². The third kappa shape index (κ3) is 2.43. The van der Waals surface area contributed by atoms with Crippen LogP contribution in [-0.2, 0) is 9.84 Å². The third-order valence-corrected chi connectivity index (χ3v) is 6.55. The van der Waals surface area contributed by atoms with Gasteiger partial charge < -0.3 is 10.6 Å². The van der Waals surface area contributed by atoms with Crippen LogP contribution in [0, 0.1) is 11.3 Å². The molecule has 0 unspecified atom stereocenters. The first-order chi connectivity index (χ1) is 8.48. The van der Waals surface area contributed by atoms with Crippen LogP contribution in [0.25, 0.3) is 0 Å². The van der Waals surface area contributed by atoms with E-state index in [9.17, 15) is 8.42 Å². The second kappa shape index (κ2) is 4.99. The van der Waals surface area contributed by atoms with Gasteiger partial charge in [-0.05, 0) is 6.26 Å². The van der Waals surface area contributed by atoms with Crippen LogP contribution in [0.4, 0.5) is 10.7 Å². The van der Waals surface area contributed by atoms with Crippen LogP contribution < -0.4 is 10.6 Å². The van der Waals surface area contributed by atoms with Crippen LogP contribution >= 0.6 is 23.1 Å². The van der Waals surface area contributed by atoms with Gasteiger partial charge in [0.2, 0.25) is 0 Å². The molecule has 0 atom stereocenters. The van der Waals surface area contributed by atoms with Crippen molar-refractivity contribution in [2.24, 2.45) is 0 Å². The predicted octanol–water partition coefficient (Wildman–Crippen LogP) is 1.16. The van der Waals surface area contributed by atoms with E-state index in [1.165, 1.54) is 23.1 Å². The van der Waals surface area contributed by atoms with E-state index in [4.69, 9.17) is 11.0 Å². The van der Waals surface area contributed by atoms with Crippen molar-refractivity contribution in [1.29, 1.82) is 5.26 Å². The lowest BCUT2D eigenvalue weighted by molar-refractivity contribution is 0.587. The van der Waals surface area contributed by atoms with Crippen molar-refractivity contribution in [2.75, 3.05) is 41.5 Å². The molecule has 1 aliphatic heterocycles. The second-order valence-corrected chi connectivity index (χ2v) is 8.05. The Kier molecular flexibility index (Phi) is 3.75. The number of hydrogen-bond acceptors (Lipinski definition) is 7. The third-order valence-electron chi connectivity index (χ3n) is 2.82. The number of nitriles is 1. The van der Waals surface area contributed by atoms with Crippen molar-refractivity contribution in [3.8, 4) is 6.07 Å². The van der Waals surface area contributed by atoms with Crippen LogP contribution in [0.15, 0.2) is 4.90 Å². The molecule has 1 saturated heterocycles. The molecule has 98 valence electrons. The molecule has 2 heterocycles. The maximum absolute atomic E-state index is 11.4. The molecule has 0 bridgehead atoms. The lowest BCUT2D eigenvalue weighted by atomic mass is 10.4. The van der Waals surface area contributed by atoms with Gasteiger partial charge in [0.15, 0.2) is 9.84 Å². The lowest BCUT2D eigenvalue weighted by Crippen LogP contribution is -2.40. The summed E-state index contributed by atoms with van der Waals surface area (Å²) < 4.78 is 22.8. The first-order valence-electron chi connectivity index (χ1n) is 5.30. The van der Waals surface area contributed by atoms with Gasteiger partial charge in [0.25, 0.3) is 0 Å². The molecule has 2 N–H and O–H groups in total. The minimum Gasteiger partial charge on any atom is -0.396 e. The van der Waals surface area contributed by atoms with Gasteiger partial charge in [-0.1, -0.05) is 0 Å². The summed E-state index contributed by atoms with van der Waals surface area (Å²) in [4.78, 5) is 3.40. The molecule has 5 nitrogen and oxygen atoms in total. The first-order valence-corrected chi connectivity index (χ1v) is 9.16. The summed E-state index contributed by atoms with van der Waals surface area (Å²) in [5, 5.41) is 9.91. The minimum absolute atomic E-state index is 0.167. The summed E-state index contributed by atoms with van der Waals surface area (Å²) in [6.45, 7) is 0.946. The number of anilines is 2. The Labute approximate surface area is 114 Å². The number of nitrogens with zero attached hydrogens (tertiary/aromatic N) is 2. The fourth-order valence-electron chi connectivity index (χ4n) is 1.82. The molecule has 0 aliphatic carbocycles. The predicted molar refractivity (Wildman–Crippen MR) is 76.1 cm³/mol. The summed E-state index contributed by atoms with van der Waals surface area (Å²) in [6.07, 6.45) is 1.91. The van der Waals surface area contributed by atoms with E-state index >= 15 is 0 Å². The summed E-state index contributed by atoms with van der Waals surface area (Å²) in [7, 11) is -2.89. The Bertz CT molecular complexity index is 587. The molecule has 8 heteroatoms. The molecule has 1 aromatic rings. The van der Waals surface area contributed by atoms with Gasteiger partial charge in [0, 0.05) is 13.1 Å². The molecule has 0 spiro atoms. The average molecular weight is 303 g/mol. The first kappa shape index (κ1) is 13.5. The van der Waals surface area contributed by atoms with Gasteiger partial charge in [0.1, 0.15) is 15.9 Å². The largest absolute Gasteiger partial charge is 0.396 e. The van der Waals surface area contributed by atoms with E-state index in [1.807, 2.05) is 11.2 Å². The molecule has 0 saturated carbocycles. The molecule has 0 aromatic carbocycles. The van der Waals surface area contributed by atoms with Gasteiger partial charge in [-0.3, -0.25) is 0 Å². The summed E-state index contributed by atoms with van der Waals surface area (Å²) in [5.74, 6) is 0.334. The molecule has 1 aromatic heterocycles. The zero-order valence-corrected chi connectivity index (χ0v) is 12.3. The zero-order chi connectivity index (χ0) is 13.3. The molecular formula is C10H13N3O2S3. The van der Waals surface area contributed by atoms with Gasteiger partial charge in [-0.2, -0.15) is 5.26 Å². The highest BCUT2D eigenvalue weighted by molar-refractivity contribution is 7.99. The molecule has 2 rings (SSSR count). The van der Waals surface area contributed by atoms with Crippen LogP contribution in [0.2, 0.25) is 0 Å². The molecule has 1 fully saturated rings. The Morgan fingerprint density at radius 3 is 2.56 bits per heavy atom. The Balaban J connectivity index is 2.32. The van der Waals surface area contributed by atoms with Gasteiger partial charge in [-0.15, -0.1) is 23.1 Å². The minimum atomic E-state index is -2.89. The van der Waals surface area contributed by atoms with Crippen molar-refractivity contribution >= 4 is 43.6 Å². The van der Waals surface area contributed by atoms with Crippen LogP contribution in [0.1, 0.15) is 4.88 Å². The maximum atomic E-state index is 11.4. The number of thiophene rings is 1. The molecule has 18 heavy (non-hydrogen) atoms. The summed E-state index contributed by atoms with van der Waals surface area (Å²) >= 11 is 2.84. The van der Waals surface area contributed by atoms with Gasteiger partial charge in [0.05, 0.1) is 22.1 Å². The molecular weight excluding hydrogens is 290 g/mol. The molecule has 0 amide bonds. The van der Waals surface area contributed by atoms with Crippen molar-refractivity contribution in [1.82, 2.24) is 0 Å². The number of nitrogen functional groups attached to an aromatic ring is 1. The van der Waals surface area contributed by atoms with Gasteiger partial charge in [-0.25, -0.2) is 8.42 Å². The van der Waals surface area contributed by atoms with Crippen molar-refractivity contribution in [3.05, 3.63) is 4.88 Å². The van der Waals surface area contributed by atoms with E-state index in [-0.39, 0.29) is 11.5 Å². The monoisotopic (exact) mass is 303 g/mol. The highest BCUT2D eigenvalue weighted by atomic mass is 32.2. The number of sulfone groups is 1. The Hall–Kier alpha value is -0.910. The molecule has 1 aliphatic rings. The number of rotatable bonds is 2. The van der Waals surface area contributed by atoms with Crippen molar-refractivity contribution < 1.29 is 8.42 Å². The summed E-state index contributed by atoms with van der Waals surface area (Å²) in [5.41, 5.74) is 6.42. The smallest absolute Gasteiger partial charge is 0.153 e. The highest BCUT2D eigenvalue weighted by Crippen LogP contribution is 2.43. The van der Waals surface area contributed by atoms with Crippen LogP contribution in [0.3, 0.4) is 0 Å². The summed E-state index contributed by atoms with van der Waals surface area (Å²) in [6, 6.07) is 2.08. The van der Waals surface area contributed by atoms with E-state index < -0.39 is 9.84 Å². The second-order valence-electron chi connectivity index (χ2n) is 3.93. The average Bonchev–Trinajstić information content (AvgIpc) is 2.65. The van der Waals surface area contributed by atoms with E-state index in [0.29, 0.717) is 23.7 Å². The highest BCUT2D eigenvalue weighted by Gasteiger charge is 2.26. The number of thioether (sulfide) groups is 1. The maximum Gasteiger partial charge on any atom is 0.153 e. The lowest BCUT2D eigenvalue weighted by Gasteiger charge is -2.28. The van der Waals surface area contributed by atoms with Gasteiger partial charge >= 0.3 is 0 Å². The SMILES string of the molecule is CSc1c(N2CCS(=O)(=O)CC2)sc(C#N)c1N. The van der Waals surface area contributed by atoms with Crippen LogP contribution in [-0.4, -0.2) is 39.3 Å². The zero-order valence-electron chi connectivity index (χ0n) is 9.84.